The van der Waals surface area contributed by atoms with Gasteiger partial charge in [0.1, 0.15) is 12.7 Å². The fourth-order valence-corrected chi connectivity index (χ4v) is 3.10. The molecular weight excluding hydrogens is 380 g/mol. The summed E-state index contributed by atoms with van der Waals surface area (Å²) in [5.41, 5.74) is 2.50. The van der Waals surface area contributed by atoms with E-state index in [1.54, 1.807) is 48.3 Å². The molecule has 0 saturated heterocycles. The third-order valence-corrected chi connectivity index (χ3v) is 5.13. The number of unbranched alkanes of at least 4 members (excludes halogenated alkanes) is 1. The summed E-state index contributed by atoms with van der Waals surface area (Å²) < 4.78 is 12.9. The number of ether oxygens (including phenoxy) is 2. The van der Waals surface area contributed by atoms with Crippen LogP contribution in [0.2, 0.25) is 0 Å². The average Bonchev–Trinajstić information content (AvgIpc) is 3.33. The van der Waals surface area contributed by atoms with Crippen LogP contribution in [0.1, 0.15) is 48.7 Å². The van der Waals surface area contributed by atoms with E-state index >= 15 is 0 Å². The monoisotopic (exact) mass is 408 g/mol. The Morgan fingerprint density at radius 3 is 2.57 bits per heavy atom. The molecule has 0 N–H and O–H groups in total. The maximum absolute atomic E-state index is 13.1. The third kappa shape index (κ3) is 4.79. The van der Waals surface area contributed by atoms with E-state index in [4.69, 9.17) is 9.47 Å². The van der Waals surface area contributed by atoms with Crippen LogP contribution in [0, 0.1) is 0 Å². The molecule has 1 unspecified atom stereocenters. The van der Waals surface area contributed by atoms with Crippen molar-refractivity contribution in [3.05, 3.63) is 66.2 Å². The smallest absolute Gasteiger partial charge is 0.254 e. The Kier molecular flexibility index (Phi) is 7.06. The molecule has 0 aliphatic rings. The number of methoxy groups -OCH3 is 1. The zero-order valence-corrected chi connectivity index (χ0v) is 17.9. The maximum atomic E-state index is 13.1. The van der Waals surface area contributed by atoms with Crippen molar-refractivity contribution in [3.63, 3.8) is 0 Å². The van der Waals surface area contributed by atoms with Crippen molar-refractivity contribution < 1.29 is 14.3 Å². The van der Waals surface area contributed by atoms with E-state index in [0.717, 1.165) is 24.1 Å². The van der Waals surface area contributed by atoms with Gasteiger partial charge in [-0.1, -0.05) is 25.5 Å². The van der Waals surface area contributed by atoms with E-state index in [2.05, 4.69) is 17.0 Å². The van der Waals surface area contributed by atoms with Crippen molar-refractivity contribution in [1.82, 2.24) is 19.7 Å². The third-order valence-electron chi connectivity index (χ3n) is 5.13. The van der Waals surface area contributed by atoms with Crippen LogP contribution in [-0.2, 0) is 0 Å². The molecule has 30 heavy (non-hydrogen) atoms. The van der Waals surface area contributed by atoms with Gasteiger partial charge in [0.25, 0.3) is 5.91 Å². The van der Waals surface area contributed by atoms with Gasteiger partial charge in [0.2, 0.25) is 0 Å². The molecule has 1 heterocycles. The molecule has 158 valence electrons. The zero-order valence-electron chi connectivity index (χ0n) is 17.9. The number of rotatable bonds is 9. The lowest BCUT2D eigenvalue weighted by Crippen LogP contribution is -2.29. The first-order valence-electron chi connectivity index (χ1n) is 10.1. The zero-order chi connectivity index (χ0) is 21.5. The standard InChI is InChI=1S/C23H28N4O3/c1-5-6-13-30-21-12-9-19(14-22(21)29-4)23(28)26(3)17(2)18-7-10-20(11-8-18)27-16-24-15-25-27/h7-12,14-17H,5-6,13H2,1-4H3. The number of amides is 1. The molecule has 0 aliphatic carbocycles. The molecule has 0 bridgehead atoms. The number of aromatic nitrogens is 3. The number of nitrogens with zero attached hydrogens (tertiary/aromatic N) is 4. The van der Waals surface area contributed by atoms with Crippen LogP contribution in [0.15, 0.2) is 55.1 Å². The summed E-state index contributed by atoms with van der Waals surface area (Å²) in [4.78, 5) is 18.7. The fraction of sp³-hybridized carbons (Fsp3) is 0.348. The van der Waals surface area contributed by atoms with E-state index < -0.39 is 0 Å². The molecule has 0 aliphatic heterocycles. The minimum Gasteiger partial charge on any atom is -0.493 e. The van der Waals surface area contributed by atoms with E-state index in [1.807, 2.05) is 31.2 Å². The van der Waals surface area contributed by atoms with E-state index in [0.29, 0.717) is 23.7 Å². The summed E-state index contributed by atoms with van der Waals surface area (Å²) in [5, 5.41) is 4.13. The molecule has 7 heteroatoms. The predicted octanol–water partition coefficient (Wildman–Crippen LogP) is 4.29. The highest BCUT2D eigenvalue weighted by Crippen LogP contribution is 2.30. The Bertz CT molecular complexity index is 955. The molecule has 0 spiro atoms. The highest BCUT2D eigenvalue weighted by Gasteiger charge is 2.20. The van der Waals surface area contributed by atoms with Gasteiger partial charge in [0.05, 0.1) is 25.4 Å². The van der Waals surface area contributed by atoms with Gasteiger partial charge < -0.3 is 14.4 Å². The van der Waals surface area contributed by atoms with Gasteiger partial charge in [0, 0.05) is 12.6 Å². The Balaban J connectivity index is 1.72. The average molecular weight is 409 g/mol. The molecule has 3 rings (SSSR count). The van der Waals surface area contributed by atoms with Gasteiger partial charge in [0.15, 0.2) is 11.5 Å². The number of hydrogen-bond donors (Lipinski definition) is 0. The van der Waals surface area contributed by atoms with Crippen LogP contribution >= 0.6 is 0 Å². The van der Waals surface area contributed by atoms with Crippen LogP contribution in [0.25, 0.3) is 5.69 Å². The number of benzene rings is 2. The topological polar surface area (TPSA) is 69.5 Å². The first-order valence-corrected chi connectivity index (χ1v) is 10.1. The normalized spacial score (nSPS) is 11.7. The van der Waals surface area contributed by atoms with Gasteiger partial charge in [-0.05, 0) is 49.2 Å². The first-order chi connectivity index (χ1) is 14.5. The summed E-state index contributed by atoms with van der Waals surface area (Å²) in [7, 11) is 3.38. The number of hydrogen-bond acceptors (Lipinski definition) is 5. The van der Waals surface area contributed by atoms with Crippen LogP contribution in [0.4, 0.5) is 0 Å². The summed E-state index contributed by atoms with van der Waals surface area (Å²) in [6.07, 6.45) is 5.18. The molecule has 0 saturated carbocycles. The molecule has 1 aromatic heterocycles. The van der Waals surface area contributed by atoms with Gasteiger partial charge in [-0.3, -0.25) is 4.79 Å². The molecule has 3 aromatic rings. The lowest BCUT2D eigenvalue weighted by atomic mass is 10.1. The minimum absolute atomic E-state index is 0.0822. The summed E-state index contributed by atoms with van der Waals surface area (Å²) in [6, 6.07) is 13.1. The lowest BCUT2D eigenvalue weighted by Gasteiger charge is -2.26. The van der Waals surface area contributed by atoms with Crippen LogP contribution < -0.4 is 9.47 Å². The predicted molar refractivity (Wildman–Crippen MR) is 115 cm³/mol. The molecule has 0 radical (unpaired) electrons. The molecule has 2 aromatic carbocycles. The van der Waals surface area contributed by atoms with Crippen molar-refractivity contribution in [1.29, 1.82) is 0 Å². The Labute approximate surface area is 177 Å². The second kappa shape index (κ2) is 9.91. The summed E-state index contributed by atoms with van der Waals surface area (Å²) in [5.74, 6) is 1.14. The number of carbonyl (C=O) groups is 1. The molecular formula is C23H28N4O3. The fourth-order valence-electron chi connectivity index (χ4n) is 3.10. The van der Waals surface area contributed by atoms with Crippen molar-refractivity contribution in [2.75, 3.05) is 20.8 Å². The highest BCUT2D eigenvalue weighted by molar-refractivity contribution is 5.95. The van der Waals surface area contributed by atoms with Crippen molar-refractivity contribution in [2.45, 2.75) is 32.7 Å². The van der Waals surface area contributed by atoms with Gasteiger partial charge >= 0.3 is 0 Å². The number of carbonyl (C=O) groups excluding carboxylic acids is 1. The lowest BCUT2D eigenvalue weighted by molar-refractivity contribution is 0.0742. The van der Waals surface area contributed by atoms with Crippen LogP contribution in [0.5, 0.6) is 11.5 Å². The van der Waals surface area contributed by atoms with Crippen molar-refractivity contribution in [3.8, 4) is 17.2 Å². The second-order valence-corrected chi connectivity index (χ2v) is 7.09. The van der Waals surface area contributed by atoms with E-state index in [9.17, 15) is 4.79 Å². The van der Waals surface area contributed by atoms with Gasteiger partial charge in [-0.25, -0.2) is 9.67 Å². The van der Waals surface area contributed by atoms with Gasteiger partial charge in [-0.2, -0.15) is 5.10 Å². The molecule has 7 nitrogen and oxygen atoms in total. The summed E-state index contributed by atoms with van der Waals surface area (Å²) in [6.45, 7) is 4.74. The van der Waals surface area contributed by atoms with Crippen LogP contribution in [0.3, 0.4) is 0 Å². The Morgan fingerprint density at radius 1 is 1.17 bits per heavy atom. The van der Waals surface area contributed by atoms with Crippen molar-refractivity contribution >= 4 is 5.91 Å². The molecule has 0 fully saturated rings. The van der Waals surface area contributed by atoms with Gasteiger partial charge in [-0.15, -0.1) is 0 Å². The minimum atomic E-state index is -0.103. The summed E-state index contributed by atoms with van der Waals surface area (Å²) >= 11 is 0. The van der Waals surface area contributed by atoms with Crippen molar-refractivity contribution in [2.24, 2.45) is 0 Å². The van der Waals surface area contributed by atoms with Crippen LogP contribution in [-0.4, -0.2) is 46.3 Å². The Morgan fingerprint density at radius 2 is 1.93 bits per heavy atom. The maximum Gasteiger partial charge on any atom is 0.254 e. The second-order valence-electron chi connectivity index (χ2n) is 7.09. The molecule has 1 amide bonds. The highest BCUT2D eigenvalue weighted by atomic mass is 16.5. The SMILES string of the molecule is CCCCOc1ccc(C(=O)N(C)C(C)c2ccc(-n3cncn3)cc2)cc1OC. The Hall–Kier alpha value is -3.35. The molecule has 1 atom stereocenters. The quantitative estimate of drug-likeness (QED) is 0.494. The largest absolute Gasteiger partial charge is 0.493 e. The first kappa shape index (κ1) is 21.4. The van der Waals surface area contributed by atoms with E-state index in [1.165, 1.54) is 6.33 Å². The van der Waals surface area contributed by atoms with E-state index in [-0.39, 0.29) is 11.9 Å².